The van der Waals surface area contributed by atoms with E-state index in [9.17, 15) is 9.59 Å². The smallest absolute Gasteiger partial charge is 0.324 e. The predicted octanol–water partition coefficient (Wildman–Crippen LogP) is 5.14. The van der Waals surface area contributed by atoms with E-state index in [2.05, 4.69) is 17.2 Å². The Morgan fingerprint density at radius 3 is 2.50 bits per heavy atom. The molecule has 1 aromatic rings. The SMILES string of the molecule is CCCCCC(=O)N1CCC(N(C(=O)Nc2ncc(Cl)s2)C2CCCC2)CC1. The fourth-order valence-corrected chi connectivity index (χ4v) is 5.16. The Hall–Kier alpha value is -1.34. The number of amides is 3. The number of urea groups is 1. The van der Waals surface area contributed by atoms with Crippen molar-refractivity contribution < 1.29 is 9.59 Å². The molecule has 1 aromatic heterocycles. The van der Waals surface area contributed by atoms with Crippen molar-refractivity contribution in [1.29, 1.82) is 0 Å². The first-order valence-electron chi connectivity index (χ1n) is 10.6. The summed E-state index contributed by atoms with van der Waals surface area (Å²) < 4.78 is 0.567. The molecule has 2 fully saturated rings. The Bertz CT molecular complexity index is 654. The zero-order chi connectivity index (χ0) is 19.9. The normalized spacial score (nSPS) is 18.4. The van der Waals surface area contributed by atoms with E-state index in [0.29, 0.717) is 15.9 Å². The molecule has 2 aliphatic rings. The Balaban J connectivity index is 1.58. The molecule has 0 radical (unpaired) electrons. The lowest BCUT2D eigenvalue weighted by molar-refractivity contribution is -0.132. The highest BCUT2D eigenvalue weighted by Gasteiger charge is 2.35. The number of thiazole rings is 1. The van der Waals surface area contributed by atoms with Crippen molar-refractivity contribution in [2.45, 2.75) is 83.2 Å². The zero-order valence-corrected chi connectivity index (χ0v) is 18.2. The van der Waals surface area contributed by atoms with Gasteiger partial charge in [-0.2, -0.15) is 0 Å². The Labute approximate surface area is 176 Å². The maximum absolute atomic E-state index is 13.1. The molecule has 3 amide bonds. The molecule has 0 atom stereocenters. The van der Waals surface area contributed by atoms with Gasteiger partial charge in [-0.05, 0) is 32.1 Å². The maximum Gasteiger partial charge on any atom is 0.324 e. The van der Waals surface area contributed by atoms with Crippen molar-refractivity contribution in [2.75, 3.05) is 18.4 Å². The average molecular weight is 427 g/mol. The number of aromatic nitrogens is 1. The summed E-state index contributed by atoms with van der Waals surface area (Å²) in [5, 5.41) is 3.48. The number of nitrogens with one attached hydrogen (secondary N) is 1. The molecule has 1 saturated heterocycles. The molecular formula is C20H31ClN4O2S. The van der Waals surface area contributed by atoms with Crippen LogP contribution < -0.4 is 5.32 Å². The summed E-state index contributed by atoms with van der Waals surface area (Å²) in [5.41, 5.74) is 0. The first-order chi connectivity index (χ1) is 13.6. The molecular weight excluding hydrogens is 396 g/mol. The number of halogens is 1. The van der Waals surface area contributed by atoms with Gasteiger partial charge in [0.1, 0.15) is 4.34 Å². The van der Waals surface area contributed by atoms with Crippen molar-refractivity contribution >= 4 is 40.0 Å². The van der Waals surface area contributed by atoms with Crippen molar-refractivity contribution in [1.82, 2.24) is 14.8 Å². The third kappa shape index (κ3) is 5.60. The minimum atomic E-state index is -0.0781. The van der Waals surface area contributed by atoms with Crippen LogP contribution in [0.25, 0.3) is 0 Å². The molecule has 1 N–H and O–H groups in total. The highest BCUT2D eigenvalue weighted by atomic mass is 35.5. The van der Waals surface area contributed by atoms with Gasteiger partial charge in [0.2, 0.25) is 5.91 Å². The second-order valence-corrected chi connectivity index (χ2v) is 9.48. The largest absolute Gasteiger partial charge is 0.343 e. The molecule has 1 saturated carbocycles. The molecule has 156 valence electrons. The molecule has 3 rings (SSSR count). The van der Waals surface area contributed by atoms with Gasteiger partial charge in [0.25, 0.3) is 0 Å². The van der Waals surface area contributed by atoms with Gasteiger partial charge in [0.15, 0.2) is 5.13 Å². The molecule has 0 aromatic carbocycles. The van der Waals surface area contributed by atoms with Crippen molar-refractivity contribution in [3.05, 3.63) is 10.5 Å². The lowest BCUT2D eigenvalue weighted by Gasteiger charge is -2.41. The summed E-state index contributed by atoms with van der Waals surface area (Å²) in [6.07, 6.45) is 11.6. The van der Waals surface area contributed by atoms with Gasteiger partial charge in [0.05, 0.1) is 6.20 Å². The Morgan fingerprint density at radius 2 is 1.89 bits per heavy atom. The van der Waals surface area contributed by atoms with E-state index in [1.54, 1.807) is 6.20 Å². The number of hydrogen-bond acceptors (Lipinski definition) is 4. The van der Waals surface area contributed by atoms with E-state index < -0.39 is 0 Å². The molecule has 8 heteroatoms. The van der Waals surface area contributed by atoms with Gasteiger partial charge in [-0.25, -0.2) is 9.78 Å². The van der Waals surface area contributed by atoms with E-state index in [4.69, 9.17) is 11.6 Å². The zero-order valence-electron chi connectivity index (χ0n) is 16.7. The fraction of sp³-hybridized carbons (Fsp3) is 0.750. The minimum Gasteiger partial charge on any atom is -0.343 e. The molecule has 0 unspecified atom stereocenters. The van der Waals surface area contributed by atoms with Crippen LogP contribution in [0.15, 0.2) is 6.20 Å². The molecule has 0 bridgehead atoms. The number of rotatable bonds is 7. The highest BCUT2D eigenvalue weighted by molar-refractivity contribution is 7.19. The van der Waals surface area contributed by atoms with Crippen LogP contribution in [0, 0.1) is 0 Å². The highest BCUT2D eigenvalue weighted by Crippen LogP contribution is 2.30. The van der Waals surface area contributed by atoms with Crippen LogP contribution in [-0.2, 0) is 4.79 Å². The monoisotopic (exact) mass is 426 g/mol. The number of likely N-dealkylation sites (tertiary alicyclic amines) is 1. The molecule has 1 aliphatic heterocycles. The summed E-state index contributed by atoms with van der Waals surface area (Å²) in [4.78, 5) is 33.6. The summed E-state index contributed by atoms with van der Waals surface area (Å²) in [5.74, 6) is 0.265. The lowest BCUT2D eigenvalue weighted by atomic mass is 10.00. The standard InChI is InChI=1S/C20H31ClN4O2S/c1-2-3-4-9-18(26)24-12-10-16(11-13-24)25(15-7-5-6-8-15)20(27)23-19-22-14-17(21)28-19/h14-16H,2-13H2,1H3,(H,22,23,27). The Morgan fingerprint density at radius 1 is 1.21 bits per heavy atom. The summed E-state index contributed by atoms with van der Waals surface area (Å²) in [6, 6.07) is 0.385. The average Bonchev–Trinajstić information content (AvgIpc) is 3.35. The van der Waals surface area contributed by atoms with E-state index in [-0.39, 0.29) is 24.0 Å². The number of carbonyl (C=O) groups is 2. The van der Waals surface area contributed by atoms with Crippen molar-refractivity contribution in [3.8, 4) is 0 Å². The molecule has 2 heterocycles. The number of anilines is 1. The van der Waals surface area contributed by atoms with Gasteiger partial charge in [0, 0.05) is 31.6 Å². The lowest BCUT2D eigenvalue weighted by Crippen LogP contribution is -2.53. The van der Waals surface area contributed by atoms with E-state index >= 15 is 0 Å². The topological polar surface area (TPSA) is 65.5 Å². The summed E-state index contributed by atoms with van der Waals surface area (Å²) >= 11 is 7.22. The van der Waals surface area contributed by atoms with Crippen molar-refractivity contribution in [2.24, 2.45) is 0 Å². The van der Waals surface area contributed by atoms with Crippen molar-refractivity contribution in [3.63, 3.8) is 0 Å². The summed E-state index contributed by atoms with van der Waals surface area (Å²) in [6.45, 7) is 3.64. The third-order valence-corrected chi connectivity index (χ3v) is 6.88. The van der Waals surface area contributed by atoms with Crippen LogP contribution in [0.1, 0.15) is 71.1 Å². The van der Waals surface area contributed by atoms with Crippen LogP contribution in [0.3, 0.4) is 0 Å². The number of unbranched alkanes of at least 4 members (excludes halogenated alkanes) is 2. The van der Waals surface area contributed by atoms with Gasteiger partial charge < -0.3 is 9.80 Å². The van der Waals surface area contributed by atoms with Gasteiger partial charge in [-0.1, -0.05) is 55.5 Å². The number of carbonyl (C=O) groups excluding carboxylic acids is 2. The second kappa shape index (κ2) is 10.4. The maximum atomic E-state index is 13.1. The quantitative estimate of drug-likeness (QED) is 0.613. The third-order valence-electron chi connectivity index (χ3n) is 5.85. The predicted molar refractivity (Wildman–Crippen MR) is 114 cm³/mol. The van der Waals surface area contributed by atoms with E-state index in [1.807, 2.05) is 9.80 Å². The number of hydrogen-bond donors (Lipinski definition) is 1. The van der Waals surface area contributed by atoms with Gasteiger partial charge in [-0.3, -0.25) is 10.1 Å². The molecule has 1 aliphatic carbocycles. The molecule has 28 heavy (non-hydrogen) atoms. The molecule has 6 nitrogen and oxygen atoms in total. The van der Waals surface area contributed by atoms with Crippen LogP contribution in [0.4, 0.5) is 9.93 Å². The summed E-state index contributed by atoms with van der Waals surface area (Å²) in [7, 11) is 0. The van der Waals surface area contributed by atoms with E-state index in [1.165, 1.54) is 24.2 Å². The van der Waals surface area contributed by atoms with Crippen LogP contribution in [0.5, 0.6) is 0 Å². The minimum absolute atomic E-state index is 0.0781. The van der Waals surface area contributed by atoms with Gasteiger partial charge >= 0.3 is 6.03 Å². The number of piperidine rings is 1. The van der Waals surface area contributed by atoms with Crippen LogP contribution in [-0.4, -0.2) is 51.9 Å². The van der Waals surface area contributed by atoms with Gasteiger partial charge in [-0.15, -0.1) is 0 Å². The number of nitrogens with zero attached hydrogens (tertiary/aromatic N) is 3. The van der Waals surface area contributed by atoms with Crippen LogP contribution >= 0.6 is 22.9 Å². The van der Waals surface area contributed by atoms with E-state index in [0.717, 1.165) is 58.0 Å². The first-order valence-corrected chi connectivity index (χ1v) is 11.8. The fourth-order valence-electron chi connectivity index (χ4n) is 4.36. The van der Waals surface area contributed by atoms with Crippen LogP contribution in [0.2, 0.25) is 4.34 Å². The molecule has 0 spiro atoms. The Kier molecular flexibility index (Phi) is 7.97. The first kappa shape index (κ1) is 21.4. The second-order valence-electron chi connectivity index (χ2n) is 7.81.